The molecule has 1 aliphatic rings. The Hall–Kier alpha value is -3.48. The maximum atomic E-state index is 13.3. The summed E-state index contributed by atoms with van der Waals surface area (Å²) in [6, 6.07) is 12.6. The Kier molecular flexibility index (Phi) is 4.65. The van der Waals surface area contributed by atoms with Crippen molar-refractivity contribution in [1.29, 1.82) is 0 Å². The van der Waals surface area contributed by atoms with E-state index in [1.807, 2.05) is 0 Å². The molecule has 0 radical (unpaired) electrons. The summed E-state index contributed by atoms with van der Waals surface area (Å²) < 4.78 is 15.0. The number of halogens is 1. The number of hydrogen-bond donors (Lipinski definition) is 2. The molecule has 0 aliphatic heterocycles. The first-order chi connectivity index (χ1) is 13.5. The van der Waals surface area contributed by atoms with Crippen LogP contribution in [-0.4, -0.2) is 21.6 Å². The second-order valence-corrected chi connectivity index (χ2v) is 6.73. The van der Waals surface area contributed by atoms with Crippen LogP contribution in [0.3, 0.4) is 0 Å². The highest BCUT2D eigenvalue weighted by Gasteiger charge is 2.26. The molecule has 0 saturated heterocycles. The summed E-state index contributed by atoms with van der Waals surface area (Å²) in [6.07, 6.45) is 3.52. The van der Waals surface area contributed by atoms with Gasteiger partial charge >= 0.3 is 0 Å². The third kappa shape index (κ3) is 3.26. The smallest absolute Gasteiger partial charge is 0.276 e. The molecule has 0 atom stereocenters. The van der Waals surface area contributed by atoms with Crippen LogP contribution in [0.2, 0.25) is 0 Å². The second-order valence-electron chi connectivity index (χ2n) is 6.73. The van der Waals surface area contributed by atoms with Crippen molar-refractivity contribution in [3.8, 4) is 5.69 Å². The molecule has 3 aromatic rings. The number of aromatic nitrogens is 2. The monoisotopic (exact) mass is 378 g/mol. The van der Waals surface area contributed by atoms with Gasteiger partial charge in [0, 0.05) is 11.3 Å². The van der Waals surface area contributed by atoms with Gasteiger partial charge in [0.15, 0.2) is 5.69 Å². The van der Waals surface area contributed by atoms with Gasteiger partial charge in [-0.15, -0.1) is 0 Å². The molecule has 0 saturated carbocycles. The van der Waals surface area contributed by atoms with Crippen LogP contribution in [0.5, 0.6) is 0 Å². The van der Waals surface area contributed by atoms with Crippen molar-refractivity contribution in [3.05, 3.63) is 76.9 Å². The zero-order valence-electron chi connectivity index (χ0n) is 15.1. The van der Waals surface area contributed by atoms with Crippen molar-refractivity contribution in [2.45, 2.75) is 25.7 Å². The van der Waals surface area contributed by atoms with Gasteiger partial charge in [-0.25, -0.2) is 9.07 Å². The van der Waals surface area contributed by atoms with E-state index in [2.05, 4.69) is 10.4 Å². The number of carbonyl (C=O) groups is 2. The lowest BCUT2D eigenvalue weighted by atomic mass is 9.95. The molecule has 0 spiro atoms. The van der Waals surface area contributed by atoms with E-state index in [1.54, 1.807) is 41.1 Å². The molecule has 2 aromatic carbocycles. The maximum absolute atomic E-state index is 13.3. The molecule has 28 heavy (non-hydrogen) atoms. The largest absolute Gasteiger partial charge is 0.366 e. The number of benzene rings is 2. The number of nitrogens with one attached hydrogen (secondary N) is 1. The Balaban J connectivity index is 1.73. The average Bonchev–Trinajstić information content (AvgIpc) is 3.09. The highest BCUT2D eigenvalue weighted by molar-refractivity contribution is 6.08. The lowest BCUT2D eigenvalue weighted by Gasteiger charge is -2.14. The van der Waals surface area contributed by atoms with Gasteiger partial charge in [-0.05, 0) is 62.1 Å². The van der Waals surface area contributed by atoms with E-state index in [-0.39, 0.29) is 11.4 Å². The van der Waals surface area contributed by atoms with Crippen molar-refractivity contribution in [1.82, 2.24) is 9.78 Å². The first kappa shape index (κ1) is 17.9. The predicted molar refractivity (Wildman–Crippen MR) is 103 cm³/mol. The fourth-order valence-electron chi connectivity index (χ4n) is 3.57. The number of fused-ring (bicyclic) bond motifs is 1. The van der Waals surface area contributed by atoms with Crippen molar-refractivity contribution in [3.63, 3.8) is 0 Å². The molecule has 6 nitrogen and oxygen atoms in total. The van der Waals surface area contributed by atoms with Crippen LogP contribution >= 0.6 is 0 Å². The molecule has 0 bridgehead atoms. The van der Waals surface area contributed by atoms with Crippen LogP contribution in [0.4, 0.5) is 10.1 Å². The van der Waals surface area contributed by atoms with Crippen molar-refractivity contribution in [2.75, 3.05) is 5.32 Å². The fraction of sp³-hybridized carbons (Fsp3) is 0.190. The molecule has 4 rings (SSSR count). The molecule has 7 heteroatoms. The summed E-state index contributed by atoms with van der Waals surface area (Å²) in [5, 5.41) is 7.28. The third-order valence-corrected chi connectivity index (χ3v) is 4.91. The number of carbonyl (C=O) groups excluding carboxylic acids is 2. The molecule has 0 unspecified atom stereocenters. The van der Waals surface area contributed by atoms with Crippen molar-refractivity contribution >= 4 is 17.5 Å². The van der Waals surface area contributed by atoms with Gasteiger partial charge in [-0.2, -0.15) is 5.10 Å². The van der Waals surface area contributed by atoms with E-state index in [0.717, 1.165) is 36.9 Å². The standard InChI is InChI=1S/C21H19FN4O2/c22-13-9-11-14(12-10-13)26-18-8-4-2-6-16(18)19(25-26)21(28)24-17-7-3-1-5-15(17)20(23)27/h1,3,5,7,9-12H,2,4,6,8H2,(H2,23,27)(H,24,28). The summed E-state index contributed by atoms with van der Waals surface area (Å²) in [7, 11) is 0. The van der Waals surface area contributed by atoms with Crippen LogP contribution in [0.15, 0.2) is 48.5 Å². The van der Waals surface area contributed by atoms with Crippen LogP contribution in [0, 0.1) is 5.82 Å². The Morgan fingerprint density at radius 3 is 2.50 bits per heavy atom. The van der Waals surface area contributed by atoms with E-state index < -0.39 is 11.8 Å². The number of anilines is 1. The van der Waals surface area contributed by atoms with Gasteiger partial charge in [-0.3, -0.25) is 9.59 Å². The number of primary amides is 1. The molecule has 1 heterocycles. The van der Waals surface area contributed by atoms with Gasteiger partial charge in [0.2, 0.25) is 0 Å². The molecule has 1 aliphatic carbocycles. The number of amides is 2. The molecule has 3 N–H and O–H groups in total. The quantitative estimate of drug-likeness (QED) is 0.730. The molecule has 142 valence electrons. The Bertz CT molecular complexity index is 1060. The van der Waals surface area contributed by atoms with Crippen LogP contribution in [0.1, 0.15) is 44.9 Å². The van der Waals surface area contributed by atoms with Gasteiger partial charge in [-0.1, -0.05) is 12.1 Å². The highest BCUT2D eigenvalue weighted by atomic mass is 19.1. The number of para-hydroxylation sites is 1. The minimum Gasteiger partial charge on any atom is -0.366 e. The minimum atomic E-state index is -0.616. The molecule has 2 amide bonds. The van der Waals surface area contributed by atoms with E-state index in [1.165, 1.54) is 12.1 Å². The number of nitrogens with two attached hydrogens (primary N) is 1. The van der Waals surface area contributed by atoms with Gasteiger partial charge in [0.1, 0.15) is 5.82 Å². The Morgan fingerprint density at radius 1 is 1.04 bits per heavy atom. The van der Waals surface area contributed by atoms with E-state index in [4.69, 9.17) is 5.73 Å². The van der Waals surface area contributed by atoms with Gasteiger partial charge < -0.3 is 11.1 Å². The van der Waals surface area contributed by atoms with E-state index >= 15 is 0 Å². The predicted octanol–water partition coefficient (Wildman–Crippen LogP) is 3.24. The first-order valence-corrected chi connectivity index (χ1v) is 9.11. The summed E-state index contributed by atoms with van der Waals surface area (Å²) in [5.41, 5.74) is 8.86. The topological polar surface area (TPSA) is 90.0 Å². The van der Waals surface area contributed by atoms with Crippen LogP contribution in [-0.2, 0) is 12.8 Å². The van der Waals surface area contributed by atoms with Crippen molar-refractivity contribution in [2.24, 2.45) is 5.73 Å². The lowest BCUT2D eigenvalue weighted by molar-refractivity contribution is 0.100. The summed E-state index contributed by atoms with van der Waals surface area (Å²) in [6.45, 7) is 0. The number of hydrogen-bond acceptors (Lipinski definition) is 3. The molecular formula is C21H19FN4O2. The molecule has 0 fully saturated rings. The summed E-state index contributed by atoms with van der Waals surface area (Å²) in [4.78, 5) is 24.6. The average molecular weight is 378 g/mol. The van der Waals surface area contributed by atoms with Crippen LogP contribution < -0.4 is 11.1 Å². The lowest BCUT2D eigenvalue weighted by Crippen LogP contribution is -2.19. The first-order valence-electron chi connectivity index (χ1n) is 9.11. The van der Waals surface area contributed by atoms with Gasteiger partial charge in [0.05, 0.1) is 16.9 Å². The van der Waals surface area contributed by atoms with E-state index in [0.29, 0.717) is 17.1 Å². The number of nitrogens with zero attached hydrogens (tertiary/aromatic N) is 2. The zero-order chi connectivity index (χ0) is 19.7. The fourth-order valence-corrected chi connectivity index (χ4v) is 3.57. The normalized spacial score (nSPS) is 13.0. The van der Waals surface area contributed by atoms with Crippen molar-refractivity contribution < 1.29 is 14.0 Å². The Labute approximate surface area is 161 Å². The van der Waals surface area contributed by atoms with E-state index in [9.17, 15) is 14.0 Å². The zero-order valence-corrected chi connectivity index (χ0v) is 15.1. The minimum absolute atomic E-state index is 0.239. The summed E-state index contributed by atoms with van der Waals surface area (Å²) in [5.74, 6) is -1.34. The highest BCUT2D eigenvalue weighted by Crippen LogP contribution is 2.28. The molecule has 1 aromatic heterocycles. The summed E-state index contributed by atoms with van der Waals surface area (Å²) >= 11 is 0. The maximum Gasteiger partial charge on any atom is 0.276 e. The third-order valence-electron chi connectivity index (χ3n) is 4.91. The second kappa shape index (κ2) is 7.26. The Morgan fingerprint density at radius 2 is 1.75 bits per heavy atom. The SMILES string of the molecule is NC(=O)c1ccccc1NC(=O)c1nn(-c2ccc(F)cc2)c2c1CCCC2. The molecular weight excluding hydrogens is 359 g/mol. The van der Waals surface area contributed by atoms with Crippen LogP contribution in [0.25, 0.3) is 5.69 Å². The van der Waals surface area contributed by atoms with Gasteiger partial charge in [0.25, 0.3) is 11.8 Å². The number of rotatable bonds is 4.